The van der Waals surface area contributed by atoms with Crippen molar-refractivity contribution in [2.24, 2.45) is 11.8 Å². The highest BCUT2D eigenvalue weighted by Crippen LogP contribution is 2.35. The molecular weight excluding hydrogens is 352 g/mol. The summed E-state index contributed by atoms with van der Waals surface area (Å²) in [7, 11) is 0. The van der Waals surface area contributed by atoms with Gasteiger partial charge in [0.25, 0.3) is 0 Å². The minimum atomic E-state index is -0.775. The Morgan fingerprint density at radius 3 is 2.79 bits per heavy atom. The summed E-state index contributed by atoms with van der Waals surface area (Å²) in [5.41, 5.74) is 3.93. The van der Waals surface area contributed by atoms with Crippen molar-refractivity contribution in [1.82, 2.24) is 0 Å². The maximum atomic E-state index is 11.3. The molecule has 1 unspecified atom stereocenters. The fourth-order valence-corrected chi connectivity index (χ4v) is 4.02. The van der Waals surface area contributed by atoms with Crippen LogP contribution in [0.2, 0.25) is 0 Å². The van der Waals surface area contributed by atoms with Crippen molar-refractivity contribution in [2.75, 3.05) is 6.61 Å². The Morgan fingerprint density at radius 2 is 2.00 bits per heavy atom. The first kappa shape index (κ1) is 18.6. The van der Waals surface area contributed by atoms with Crippen LogP contribution in [-0.2, 0) is 11.2 Å². The van der Waals surface area contributed by atoms with Gasteiger partial charge in [0.1, 0.15) is 11.3 Å². The molecule has 146 valence electrons. The summed E-state index contributed by atoms with van der Waals surface area (Å²) < 4.78 is 11.7. The molecule has 1 heterocycles. The summed E-state index contributed by atoms with van der Waals surface area (Å²) in [6, 6.07) is 14.1. The lowest BCUT2D eigenvalue weighted by Crippen LogP contribution is -2.12. The number of rotatable bonds is 7. The standard InChI is InChI=1S/C24H26O4/c1-16(24(25)26)12-18-6-8-23(28-15-17-4-2-3-5-17)21(13-18)19-7-9-22-20(14-19)10-11-27-22/h6-11,13-14,16-17H,2-5,12,15H2,1H3,(H,25,26). The van der Waals surface area contributed by atoms with Gasteiger partial charge in [-0.2, -0.15) is 0 Å². The topological polar surface area (TPSA) is 59.7 Å². The van der Waals surface area contributed by atoms with E-state index < -0.39 is 11.9 Å². The summed E-state index contributed by atoms with van der Waals surface area (Å²) in [5.74, 6) is 0.301. The molecule has 1 aliphatic rings. The number of ether oxygens (including phenoxy) is 1. The maximum absolute atomic E-state index is 11.3. The van der Waals surface area contributed by atoms with Gasteiger partial charge in [-0.05, 0) is 66.6 Å². The lowest BCUT2D eigenvalue weighted by Gasteiger charge is -2.17. The number of carbonyl (C=O) groups is 1. The predicted molar refractivity (Wildman–Crippen MR) is 110 cm³/mol. The van der Waals surface area contributed by atoms with Crippen LogP contribution >= 0.6 is 0 Å². The quantitative estimate of drug-likeness (QED) is 0.553. The average molecular weight is 378 g/mol. The van der Waals surface area contributed by atoms with Crippen molar-refractivity contribution in [1.29, 1.82) is 0 Å². The van der Waals surface area contributed by atoms with E-state index in [1.807, 2.05) is 30.3 Å². The minimum Gasteiger partial charge on any atom is -0.493 e. The first-order valence-corrected chi connectivity index (χ1v) is 10.1. The van der Waals surface area contributed by atoms with E-state index in [2.05, 4.69) is 12.1 Å². The molecule has 28 heavy (non-hydrogen) atoms. The van der Waals surface area contributed by atoms with Crippen molar-refractivity contribution >= 4 is 16.9 Å². The lowest BCUT2D eigenvalue weighted by atomic mass is 9.96. The summed E-state index contributed by atoms with van der Waals surface area (Å²) in [4.78, 5) is 11.3. The molecule has 0 saturated heterocycles. The van der Waals surface area contributed by atoms with Crippen molar-refractivity contribution in [3.8, 4) is 16.9 Å². The fraction of sp³-hybridized carbons (Fsp3) is 0.375. The van der Waals surface area contributed by atoms with Gasteiger partial charge < -0.3 is 14.3 Å². The van der Waals surface area contributed by atoms with E-state index in [-0.39, 0.29) is 0 Å². The van der Waals surface area contributed by atoms with Gasteiger partial charge in [0, 0.05) is 10.9 Å². The third-order valence-electron chi connectivity index (χ3n) is 5.72. The lowest BCUT2D eigenvalue weighted by molar-refractivity contribution is -0.141. The highest BCUT2D eigenvalue weighted by molar-refractivity contribution is 5.85. The second kappa shape index (κ2) is 8.09. The Labute approximate surface area is 165 Å². The van der Waals surface area contributed by atoms with Crippen LogP contribution in [0, 0.1) is 11.8 Å². The van der Waals surface area contributed by atoms with Crippen LogP contribution in [0.15, 0.2) is 53.1 Å². The number of carboxylic acids is 1. The van der Waals surface area contributed by atoms with Gasteiger partial charge >= 0.3 is 5.97 Å². The fourth-order valence-electron chi connectivity index (χ4n) is 4.02. The second-order valence-electron chi connectivity index (χ2n) is 7.91. The van der Waals surface area contributed by atoms with Crippen LogP contribution < -0.4 is 4.74 Å². The summed E-state index contributed by atoms with van der Waals surface area (Å²) >= 11 is 0. The molecule has 1 fully saturated rings. The van der Waals surface area contributed by atoms with E-state index in [1.54, 1.807) is 13.2 Å². The molecule has 1 saturated carbocycles. The molecular formula is C24H26O4. The van der Waals surface area contributed by atoms with Gasteiger partial charge in [-0.15, -0.1) is 0 Å². The minimum absolute atomic E-state index is 0.422. The third-order valence-corrected chi connectivity index (χ3v) is 5.72. The van der Waals surface area contributed by atoms with Crippen LogP contribution in [0.5, 0.6) is 5.75 Å². The average Bonchev–Trinajstić information content (AvgIpc) is 3.37. The highest BCUT2D eigenvalue weighted by Gasteiger charge is 2.18. The Morgan fingerprint density at radius 1 is 1.18 bits per heavy atom. The monoisotopic (exact) mass is 378 g/mol. The van der Waals surface area contributed by atoms with Gasteiger partial charge in [-0.1, -0.05) is 31.9 Å². The van der Waals surface area contributed by atoms with Crippen LogP contribution in [0.25, 0.3) is 22.1 Å². The number of benzene rings is 2. The van der Waals surface area contributed by atoms with Crippen molar-refractivity contribution < 1.29 is 19.1 Å². The molecule has 0 bridgehead atoms. The van der Waals surface area contributed by atoms with Gasteiger partial charge in [0.15, 0.2) is 0 Å². The molecule has 4 rings (SSSR count). The van der Waals surface area contributed by atoms with E-state index in [1.165, 1.54) is 25.7 Å². The maximum Gasteiger partial charge on any atom is 0.306 e. The summed E-state index contributed by atoms with van der Waals surface area (Å²) in [6.45, 7) is 2.48. The van der Waals surface area contributed by atoms with Crippen molar-refractivity contribution in [3.63, 3.8) is 0 Å². The zero-order valence-electron chi connectivity index (χ0n) is 16.2. The zero-order valence-corrected chi connectivity index (χ0v) is 16.2. The van der Waals surface area contributed by atoms with E-state index in [4.69, 9.17) is 9.15 Å². The largest absolute Gasteiger partial charge is 0.493 e. The van der Waals surface area contributed by atoms with Crippen LogP contribution in [-0.4, -0.2) is 17.7 Å². The van der Waals surface area contributed by atoms with Crippen LogP contribution in [0.1, 0.15) is 38.2 Å². The SMILES string of the molecule is CC(Cc1ccc(OCC2CCCC2)c(-c2ccc3occc3c2)c1)C(=O)O. The Kier molecular flexibility index (Phi) is 5.38. The van der Waals surface area contributed by atoms with Crippen LogP contribution in [0.4, 0.5) is 0 Å². The molecule has 4 nitrogen and oxygen atoms in total. The zero-order chi connectivity index (χ0) is 19.5. The Hall–Kier alpha value is -2.75. The van der Waals surface area contributed by atoms with Gasteiger partial charge in [0.05, 0.1) is 18.8 Å². The Bertz CT molecular complexity index is 966. The normalized spacial score (nSPS) is 15.8. The smallest absolute Gasteiger partial charge is 0.306 e. The molecule has 2 aromatic carbocycles. The molecule has 1 aliphatic carbocycles. The highest BCUT2D eigenvalue weighted by atomic mass is 16.5. The predicted octanol–water partition coefficient (Wildman–Crippen LogP) is 5.93. The molecule has 3 aromatic rings. The number of hydrogen-bond acceptors (Lipinski definition) is 3. The summed E-state index contributed by atoms with van der Waals surface area (Å²) in [6.07, 6.45) is 7.26. The first-order valence-electron chi connectivity index (χ1n) is 10.1. The van der Waals surface area contributed by atoms with E-state index >= 15 is 0 Å². The number of furan rings is 1. The molecule has 0 amide bonds. The molecule has 0 aliphatic heterocycles. The van der Waals surface area contributed by atoms with E-state index in [0.29, 0.717) is 12.3 Å². The van der Waals surface area contributed by atoms with Crippen molar-refractivity contribution in [2.45, 2.75) is 39.0 Å². The van der Waals surface area contributed by atoms with E-state index in [9.17, 15) is 9.90 Å². The number of carboxylic acid groups (broad SMARTS) is 1. The van der Waals surface area contributed by atoms with Gasteiger partial charge in [-0.3, -0.25) is 4.79 Å². The second-order valence-corrected chi connectivity index (χ2v) is 7.91. The molecule has 1 N–H and O–H groups in total. The molecule has 1 atom stereocenters. The van der Waals surface area contributed by atoms with E-state index in [0.717, 1.165) is 40.0 Å². The number of aliphatic carboxylic acids is 1. The first-order chi connectivity index (χ1) is 13.6. The molecule has 1 aromatic heterocycles. The van der Waals surface area contributed by atoms with Gasteiger partial charge in [-0.25, -0.2) is 0 Å². The Balaban J connectivity index is 1.66. The van der Waals surface area contributed by atoms with Crippen molar-refractivity contribution in [3.05, 3.63) is 54.3 Å². The number of fused-ring (bicyclic) bond motifs is 1. The van der Waals surface area contributed by atoms with Gasteiger partial charge in [0.2, 0.25) is 0 Å². The van der Waals surface area contributed by atoms with Crippen LogP contribution in [0.3, 0.4) is 0 Å². The molecule has 0 spiro atoms. The summed E-state index contributed by atoms with van der Waals surface area (Å²) in [5, 5.41) is 10.3. The molecule has 0 radical (unpaired) electrons. The molecule has 4 heteroatoms. The number of hydrogen-bond donors (Lipinski definition) is 1. The third kappa shape index (κ3) is 4.06.